The summed E-state index contributed by atoms with van der Waals surface area (Å²) in [5.41, 5.74) is 6.42. The molecule has 0 saturated carbocycles. The van der Waals surface area contributed by atoms with Crippen molar-refractivity contribution in [2.45, 2.75) is 97.1 Å². The Hall–Kier alpha value is -3.51. The first-order chi connectivity index (χ1) is 19.2. The van der Waals surface area contributed by atoms with E-state index in [2.05, 4.69) is 21.3 Å². The topological polar surface area (TPSA) is 189 Å². The first kappa shape index (κ1) is 35.5. The predicted molar refractivity (Wildman–Crippen MR) is 154 cm³/mol. The number of carbonyl (C=O) groups is 5. The van der Waals surface area contributed by atoms with Crippen LogP contribution in [0.4, 0.5) is 0 Å². The quantitative estimate of drug-likeness (QED) is 0.150. The third-order valence-corrected chi connectivity index (χ3v) is 6.61. The Morgan fingerprint density at radius 1 is 0.805 bits per heavy atom. The van der Waals surface area contributed by atoms with Crippen LogP contribution >= 0.6 is 0 Å². The van der Waals surface area contributed by atoms with Gasteiger partial charge in [-0.05, 0) is 44.1 Å². The van der Waals surface area contributed by atoms with E-state index < -0.39 is 65.9 Å². The van der Waals surface area contributed by atoms with Gasteiger partial charge in [-0.25, -0.2) is 4.79 Å². The van der Waals surface area contributed by atoms with Crippen molar-refractivity contribution in [1.82, 2.24) is 21.3 Å². The molecule has 1 rings (SSSR count). The van der Waals surface area contributed by atoms with Gasteiger partial charge in [0.15, 0.2) is 0 Å². The Balaban J connectivity index is 2.90. The van der Waals surface area contributed by atoms with Crippen molar-refractivity contribution >= 4 is 29.6 Å². The molecule has 0 radical (unpaired) electrons. The van der Waals surface area contributed by atoms with Crippen LogP contribution in [-0.4, -0.2) is 78.1 Å². The summed E-state index contributed by atoms with van der Waals surface area (Å²) in [7, 11) is 1.24. The number of esters is 1. The molecule has 0 aromatic heterocycles. The summed E-state index contributed by atoms with van der Waals surface area (Å²) in [4.78, 5) is 62.6. The lowest BCUT2D eigenvalue weighted by Gasteiger charge is -2.27. The number of carbonyl (C=O) groups excluding carboxylic acids is 5. The smallest absolute Gasteiger partial charge is 0.328 e. The van der Waals surface area contributed by atoms with Crippen LogP contribution in [-0.2, 0) is 35.1 Å². The molecule has 0 aliphatic heterocycles. The van der Waals surface area contributed by atoms with Gasteiger partial charge in [0.1, 0.15) is 18.1 Å². The number of amides is 4. The lowest BCUT2D eigenvalue weighted by molar-refractivity contribution is -0.146. The molecule has 7 N–H and O–H groups in total. The normalized spacial score (nSPS) is 15.6. The Labute approximate surface area is 242 Å². The molecular formula is C29H47N5O7. The van der Waals surface area contributed by atoms with Crippen LogP contribution in [0.15, 0.2) is 30.3 Å². The van der Waals surface area contributed by atoms with Gasteiger partial charge < -0.3 is 36.8 Å². The van der Waals surface area contributed by atoms with Crippen molar-refractivity contribution < 1.29 is 33.8 Å². The molecule has 2 unspecified atom stereocenters. The fraction of sp³-hybridized carbons (Fsp3) is 0.621. The number of nitrogens with two attached hydrogens (primary N) is 1. The van der Waals surface area contributed by atoms with Crippen molar-refractivity contribution in [3.63, 3.8) is 0 Å². The van der Waals surface area contributed by atoms with Gasteiger partial charge >= 0.3 is 5.97 Å². The number of methoxy groups -OCH3 is 1. The van der Waals surface area contributed by atoms with Crippen LogP contribution in [0, 0.1) is 11.8 Å². The van der Waals surface area contributed by atoms with Gasteiger partial charge in [0, 0.05) is 6.42 Å². The predicted octanol–water partition coefficient (Wildman–Crippen LogP) is 0.162. The van der Waals surface area contributed by atoms with Crippen molar-refractivity contribution in [3.8, 4) is 0 Å². The molecule has 0 fully saturated rings. The molecule has 1 aromatic rings. The molecule has 0 bridgehead atoms. The van der Waals surface area contributed by atoms with Gasteiger partial charge in [-0.1, -0.05) is 58.0 Å². The summed E-state index contributed by atoms with van der Waals surface area (Å²) >= 11 is 0. The average molecular weight is 578 g/mol. The fourth-order valence-electron chi connectivity index (χ4n) is 4.00. The van der Waals surface area contributed by atoms with Crippen LogP contribution in [0.1, 0.15) is 59.9 Å². The van der Waals surface area contributed by atoms with E-state index in [0.717, 1.165) is 5.56 Å². The minimum Gasteiger partial charge on any atom is -0.467 e. The third kappa shape index (κ3) is 12.3. The Kier molecular flexibility index (Phi) is 15.0. The van der Waals surface area contributed by atoms with Gasteiger partial charge in [0.05, 0.1) is 25.3 Å². The van der Waals surface area contributed by atoms with E-state index in [1.807, 2.05) is 30.3 Å². The molecule has 4 amide bonds. The van der Waals surface area contributed by atoms with Crippen molar-refractivity contribution in [2.75, 3.05) is 7.11 Å². The first-order valence-corrected chi connectivity index (χ1v) is 13.9. The summed E-state index contributed by atoms with van der Waals surface area (Å²) in [6, 6.07) is 4.99. The molecular weight excluding hydrogens is 530 g/mol. The van der Waals surface area contributed by atoms with Gasteiger partial charge in [-0.3, -0.25) is 19.2 Å². The molecule has 0 spiro atoms. The van der Waals surface area contributed by atoms with Crippen molar-refractivity contribution in [3.05, 3.63) is 35.9 Å². The van der Waals surface area contributed by atoms with Crippen LogP contribution < -0.4 is 27.0 Å². The largest absolute Gasteiger partial charge is 0.467 e. The van der Waals surface area contributed by atoms with Crippen molar-refractivity contribution in [1.29, 1.82) is 0 Å². The summed E-state index contributed by atoms with van der Waals surface area (Å²) in [5, 5.41) is 21.7. The molecule has 0 heterocycles. The molecule has 230 valence electrons. The van der Waals surface area contributed by atoms with Crippen LogP contribution in [0.25, 0.3) is 0 Å². The van der Waals surface area contributed by atoms with Crippen LogP contribution in [0.2, 0.25) is 0 Å². The molecule has 12 heteroatoms. The number of benzene rings is 1. The Morgan fingerprint density at radius 2 is 1.39 bits per heavy atom. The SMILES string of the molecule is COC(=O)C(NC(=O)C(NC(=O)CC[C@H](O)[C@H](Cc1ccccc1)NC(=O)[C@H](C)NC(=O)[C@H](C)N)C(C)C)C(C)C. The maximum Gasteiger partial charge on any atom is 0.328 e. The molecule has 0 aliphatic rings. The molecule has 6 atom stereocenters. The minimum absolute atomic E-state index is 0.00655. The molecule has 12 nitrogen and oxygen atoms in total. The highest BCUT2D eigenvalue weighted by Crippen LogP contribution is 2.12. The van der Waals surface area contributed by atoms with E-state index >= 15 is 0 Å². The van der Waals surface area contributed by atoms with Gasteiger partial charge in [-0.2, -0.15) is 0 Å². The Morgan fingerprint density at radius 3 is 1.90 bits per heavy atom. The number of ether oxygens (including phenoxy) is 1. The second-order valence-corrected chi connectivity index (χ2v) is 11.0. The van der Waals surface area contributed by atoms with Gasteiger partial charge in [0.25, 0.3) is 0 Å². The fourth-order valence-corrected chi connectivity index (χ4v) is 4.00. The number of hydrogen-bond donors (Lipinski definition) is 6. The van der Waals surface area contributed by atoms with Gasteiger partial charge in [0.2, 0.25) is 23.6 Å². The summed E-state index contributed by atoms with van der Waals surface area (Å²) in [6.45, 7) is 10.1. The van der Waals surface area contributed by atoms with E-state index in [4.69, 9.17) is 10.5 Å². The minimum atomic E-state index is -1.11. The van der Waals surface area contributed by atoms with Gasteiger partial charge in [-0.15, -0.1) is 0 Å². The van der Waals surface area contributed by atoms with E-state index in [9.17, 15) is 29.1 Å². The third-order valence-electron chi connectivity index (χ3n) is 6.61. The number of nitrogens with one attached hydrogen (secondary N) is 4. The zero-order valence-electron chi connectivity index (χ0n) is 25.1. The lowest BCUT2D eigenvalue weighted by Crippen LogP contribution is -2.55. The number of hydrogen-bond acceptors (Lipinski definition) is 8. The highest BCUT2D eigenvalue weighted by atomic mass is 16.5. The molecule has 0 saturated heterocycles. The summed E-state index contributed by atoms with van der Waals surface area (Å²) in [5.74, 6) is -3.08. The highest BCUT2D eigenvalue weighted by Gasteiger charge is 2.31. The second kappa shape index (κ2) is 17.3. The lowest BCUT2D eigenvalue weighted by atomic mass is 9.97. The Bertz CT molecular complexity index is 1020. The molecule has 41 heavy (non-hydrogen) atoms. The number of rotatable bonds is 16. The van der Waals surface area contributed by atoms with E-state index in [1.165, 1.54) is 21.0 Å². The number of aliphatic hydroxyl groups excluding tert-OH is 1. The highest BCUT2D eigenvalue weighted by molar-refractivity contribution is 5.91. The molecule has 0 aliphatic carbocycles. The maximum absolute atomic E-state index is 12.9. The van der Waals surface area contributed by atoms with E-state index in [0.29, 0.717) is 0 Å². The molecule has 1 aromatic carbocycles. The van der Waals surface area contributed by atoms with E-state index in [1.54, 1.807) is 27.7 Å². The maximum atomic E-state index is 12.9. The first-order valence-electron chi connectivity index (χ1n) is 13.9. The van der Waals surface area contributed by atoms with Crippen LogP contribution in [0.5, 0.6) is 0 Å². The monoisotopic (exact) mass is 577 g/mol. The van der Waals surface area contributed by atoms with Crippen molar-refractivity contribution in [2.24, 2.45) is 17.6 Å². The average Bonchev–Trinajstić information content (AvgIpc) is 2.92. The van der Waals surface area contributed by atoms with E-state index in [-0.39, 0.29) is 31.1 Å². The zero-order chi connectivity index (χ0) is 31.3. The standard InChI is InChI=1S/C29H47N5O7/c1-16(2)24(28(39)34-25(17(3)4)29(40)41-7)33-23(36)14-13-22(35)21(15-20-11-9-8-10-12-20)32-27(38)19(6)31-26(37)18(5)30/h8-12,16-19,21-22,24-25,35H,13-15,30H2,1-7H3,(H,31,37)(H,32,38)(H,33,36)(H,34,39)/t18-,19-,21-,22-,24?,25?/m0/s1. The summed E-state index contributed by atoms with van der Waals surface area (Å²) in [6.07, 6.45) is -0.963. The second-order valence-electron chi connectivity index (χ2n) is 11.0. The van der Waals surface area contributed by atoms with Crippen LogP contribution in [0.3, 0.4) is 0 Å². The number of aliphatic hydroxyl groups is 1. The summed E-state index contributed by atoms with van der Waals surface area (Å²) < 4.78 is 4.77. The zero-order valence-corrected chi connectivity index (χ0v) is 25.1.